The Bertz CT molecular complexity index is 1090. The summed E-state index contributed by atoms with van der Waals surface area (Å²) in [6.45, 7) is 4.75. The number of benzene rings is 1. The zero-order chi connectivity index (χ0) is 22.7. The van der Waals surface area contributed by atoms with Crippen LogP contribution in [0, 0.1) is 0 Å². The number of aromatic nitrogens is 2. The minimum absolute atomic E-state index is 0.0708. The lowest BCUT2D eigenvalue weighted by molar-refractivity contribution is -0.146. The number of nitrogens with zero attached hydrogens (tertiary/aromatic N) is 3. The van der Waals surface area contributed by atoms with Gasteiger partial charge in [-0.2, -0.15) is 0 Å². The fourth-order valence-corrected chi connectivity index (χ4v) is 5.25. The maximum atomic E-state index is 13.1. The number of thiazole rings is 2. The number of nitrogens with one attached hydrogen (secondary N) is 1. The molecule has 1 fully saturated rings. The summed E-state index contributed by atoms with van der Waals surface area (Å²) in [6, 6.07) is 7.14. The fourth-order valence-electron chi connectivity index (χ4n) is 3.58. The molecule has 2 amide bonds. The van der Waals surface area contributed by atoms with E-state index in [0.29, 0.717) is 34.7 Å². The number of amides is 2. The largest absolute Gasteiger partial charge is 0.476 e. The molecular weight excluding hydrogens is 468 g/mol. The molecule has 0 unspecified atom stereocenters. The Kier molecular flexibility index (Phi) is 6.78. The monoisotopic (exact) mass is 490 g/mol. The van der Waals surface area contributed by atoms with Crippen molar-refractivity contribution in [2.24, 2.45) is 0 Å². The van der Waals surface area contributed by atoms with Gasteiger partial charge in [0.2, 0.25) is 0 Å². The summed E-state index contributed by atoms with van der Waals surface area (Å²) in [5.41, 5.74) is -0.631. The molecule has 0 saturated carbocycles. The molecule has 1 aromatic carbocycles. The van der Waals surface area contributed by atoms with Crippen LogP contribution in [0.3, 0.4) is 0 Å². The first kappa shape index (κ1) is 22.7. The molecule has 32 heavy (non-hydrogen) atoms. The minimum atomic E-state index is -1.03. The Hall–Kier alpha value is -2.49. The molecule has 168 valence electrons. The summed E-state index contributed by atoms with van der Waals surface area (Å²) >= 11 is 9.03. The van der Waals surface area contributed by atoms with E-state index in [4.69, 9.17) is 16.3 Å². The van der Waals surface area contributed by atoms with Crippen molar-refractivity contribution in [1.29, 1.82) is 0 Å². The van der Waals surface area contributed by atoms with Crippen molar-refractivity contribution >= 4 is 51.2 Å². The van der Waals surface area contributed by atoms with E-state index in [-0.39, 0.29) is 17.7 Å². The number of likely N-dealkylation sites (tertiary alicyclic amines) is 1. The van der Waals surface area contributed by atoms with E-state index in [0.717, 1.165) is 17.8 Å². The number of carbonyl (C=O) groups excluding carboxylic acids is 2. The zero-order valence-corrected chi connectivity index (χ0v) is 20.1. The molecule has 2 aromatic heterocycles. The van der Waals surface area contributed by atoms with Gasteiger partial charge in [-0.1, -0.05) is 23.7 Å². The number of rotatable bonds is 6. The molecule has 1 aliphatic rings. The molecule has 1 N–H and O–H groups in total. The van der Waals surface area contributed by atoms with Crippen LogP contribution in [0.25, 0.3) is 0 Å². The molecule has 10 heteroatoms. The van der Waals surface area contributed by atoms with Crippen molar-refractivity contribution in [2.75, 3.05) is 18.4 Å². The minimum Gasteiger partial charge on any atom is -0.476 e. The van der Waals surface area contributed by atoms with Crippen molar-refractivity contribution in [3.63, 3.8) is 0 Å². The summed E-state index contributed by atoms with van der Waals surface area (Å²) in [5.74, 6) is 0.388. The van der Waals surface area contributed by atoms with E-state index < -0.39 is 5.60 Å². The number of piperidine rings is 1. The average Bonchev–Trinajstić information content (AvgIpc) is 3.47. The highest BCUT2D eigenvalue weighted by molar-refractivity contribution is 7.13. The summed E-state index contributed by atoms with van der Waals surface area (Å²) in [4.78, 5) is 35.9. The van der Waals surface area contributed by atoms with E-state index in [9.17, 15) is 9.59 Å². The van der Waals surface area contributed by atoms with Gasteiger partial charge < -0.3 is 9.64 Å². The van der Waals surface area contributed by atoms with Gasteiger partial charge in [0, 0.05) is 36.0 Å². The molecule has 0 aliphatic carbocycles. The zero-order valence-electron chi connectivity index (χ0n) is 17.7. The standard InChI is InChI=1S/C22H23ClN4O3S2/c1-22(2,30-17-6-4-3-5-15(17)23)20(29)27-10-7-14(8-11-27)19-25-16(13-32-19)18(28)26-21-24-9-12-31-21/h3-6,9,12-14H,7-8,10-11H2,1-2H3,(H,24,26,28). The normalized spacial score (nSPS) is 14.9. The van der Waals surface area contributed by atoms with Crippen LogP contribution in [0.4, 0.5) is 5.13 Å². The fraction of sp³-hybridized carbons (Fsp3) is 0.364. The second kappa shape index (κ2) is 9.56. The van der Waals surface area contributed by atoms with E-state index in [1.54, 1.807) is 42.9 Å². The van der Waals surface area contributed by atoms with Crippen molar-refractivity contribution in [3.8, 4) is 5.75 Å². The third kappa shape index (κ3) is 5.11. The van der Waals surface area contributed by atoms with Crippen molar-refractivity contribution in [3.05, 3.63) is 56.9 Å². The lowest BCUT2D eigenvalue weighted by atomic mass is 9.96. The van der Waals surface area contributed by atoms with Crippen LogP contribution in [-0.2, 0) is 4.79 Å². The highest BCUT2D eigenvalue weighted by Crippen LogP contribution is 2.33. The van der Waals surface area contributed by atoms with Crippen LogP contribution >= 0.6 is 34.3 Å². The SMILES string of the molecule is CC(C)(Oc1ccccc1Cl)C(=O)N1CCC(c2nc(C(=O)Nc3nccs3)cs2)CC1. The number of halogens is 1. The summed E-state index contributed by atoms with van der Waals surface area (Å²) in [7, 11) is 0. The van der Waals surface area contributed by atoms with Crippen LogP contribution in [0.5, 0.6) is 5.75 Å². The predicted molar refractivity (Wildman–Crippen MR) is 127 cm³/mol. The maximum Gasteiger partial charge on any atom is 0.276 e. The van der Waals surface area contributed by atoms with Gasteiger partial charge in [0.1, 0.15) is 11.4 Å². The van der Waals surface area contributed by atoms with Gasteiger partial charge >= 0.3 is 0 Å². The van der Waals surface area contributed by atoms with Gasteiger partial charge in [-0.15, -0.1) is 22.7 Å². The Balaban J connectivity index is 1.34. The number of hydrogen-bond acceptors (Lipinski definition) is 7. The maximum absolute atomic E-state index is 13.1. The first-order chi connectivity index (χ1) is 15.3. The van der Waals surface area contributed by atoms with Crippen LogP contribution in [0.1, 0.15) is 48.1 Å². The second-order valence-electron chi connectivity index (χ2n) is 7.97. The van der Waals surface area contributed by atoms with E-state index in [1.807, 2.05) is 17.0 Å². The second-order valence-corrected chi connectivity index (χ2v) is 10.2. The van der Waals surface area contributed by atoms with Crippen LogP contribution in [0.2, 0.25) is 5.02 Å². The van der Waals surface area contributed by atoms with Gasteiger partial charge in [0.05, 0.1) is 10.0 Å². The lowest BCUT2D eigenvalue weighted by Crippen LogP contribution is -2.51. The smallest absolute Gasteiger partial charge is 0.276 e. The predicted octanol–water partition coefficient (Wildman–Crippen LogP) is 5.07. The Morgan fingerprint density at radius 3 is 2.66 bits per heavy atom. The van der Waals surface area contributed by atoms with Gasteiger partial charge in [-0.3, -0.25) is 14.9 Å². The molecule has 3 heterocycles. The molecular formula is C22H23ClN4O3S2. The van der Waals surface area contributed by atoms with Gasteiger partial charge in [0.25, 0.3) is 11.8 Å². The van der Waals surface area contributed by atoms with Gasteiger partial charge in [-0.25, -0.2) is 9.97 Å². The van der Waals surface area contributed by atoms with Crippen LogP contribution in [0.15, 0.2) is 41.2 Å². The van der Waals surface area contributed by atoms with E-state index in [2.05, 4.69) is 15.3 Å². The number of hydrogen-bond donors (Lipinski definition) is 1. The third-order valence-corrected chi connectivity index (χ3v) is 7.26. The topological polar surface area (TPSA) is 84.4 Å². The van der Waals surface area contributed by atoms with Crippen molar-refractivity contribution in [1.82, 2.24) is 14.9 Å². The third-order valence-electron chi connectivity index (χ3n) is 5.26. The molecule has 0 radical (unpaired) electrons. The number of carbonyl (C=O) groups is 2. The van der Waals surface area contributed by atoms with E-state index in [1.165, 1.54) is 22.7 Å². The first-order valence-corrected chi connectivity index (χ1v) is 12.4. The molecule has 0 atom stereocenters. The quantitative estimate of drug-likeness (QED) is 0.521. The average molecular weight is 491 g/mol. The highest BCUT2D eigenvalue weighted by atomic mass is 35.5. The first-order valence-electron chi connectivity index (χ1n) is 10.2. The Morgan fingerprint density at radius 2 is 1.97 bits per heavy atom. The summed E-state index contributed by atoms with van der Waals surface area (Å²) < 4.78 is 5.95. The van der Waals surface area contributed by atoms with Crippen LogP contribution < -0.4 is 10.1 Å². The highest BCUT2D eigenvalue weighted by Gasteiger charge is 2.37. The van der Waals surface area contributed by atoms with Gasteiger partial charge in [-0.05, 0) is 38.8 Å². The molecule has 0 spiro atoms. The summed E-state index contributed by atoms with van der Waals surface area (Å²) in [6.07, 6.45) is 3.21. The summed E-state index contributed by atoms with van der Waals surface area (Å²) in [5, 5.41) is 8.29. The molecule has 7 nitrogen and oxygen atoms in total. The van der Waals surface area contributed by atoms with Gasteiger partial charge in [0.15, 0.2) is 10.7 Å². The molecule has 3 aromatic rings. The number of ether oxygens (including phenoxy) is 1. The molecule has 1 saturated heterocycles. The van der Waals surface area contributed by atoms with Crippen LogP contribution in [-0.4, -0.2) is 45.4 Å². The van der Waals surface area contributed by atoms with Crippen molar-refractivity contribution < 1.29 is 14.3 Å². The number of anilines is 1. The Morgan fingerprint density at radius 1 is 1.22 bits per heavy atom. The molecule has 0 bridgehead atoms. The molecule has 1 aliphatic heterocycles. The number of para-hydroxylation sites is 1. The Labute approximate surface area is 199 Å². The molecule has 4 rings (SSSR count). The van der Waals surface area contributed by atoms with Crippen molar-refractivity contribution in [2.45, 2.75) is 38.2 Å². The lowest BCUT2D eigenvalue weighted by Gasteiger charge is -2.36. The van der Waals surface area contributed by atoms with E-state index >= 15 is 0 Å².